The van der Waals surface area contributed by atoms with Gasteiger partial charge in [-0.05, 0) is 43.9 Å². The Labute approximate surface area is 235 Å². The number of amides is 3. The van der Waals surface area contributed by atoms with Gasteiger partial charge >= 0.3 is 0 Å². The van der Waals surface area contributed by atoms with Crippen LogP contribution in [0.1, 0.15) is 45.1 Å². The standard InChI is InChI=1S/C29H42N4O7/c1-19(30-25(34)17-33-11-13-39-14-12-33)27(36)32-24(16-21-7-9-22(38-3)10-8-21)28(37)31-23(15-20-5-4-6-20)26(35)29(2)18-40-29/h7-10,19-20,23-24H,4-6,11-18H2,1-3H3,(H,30,34)(H,31,37)(H,32,36)/t19-,23-,24-,29-/m0/s1. The Morgan fingerprint density at radius 2 is 1.68 bits per heavy atom. The van der Waals surface area contributed by atoms with Crippen molar-refractivity contribution in [1.82, 2.24) is 20.9 Å². The summed E-state index contributed by atoms with van der Waals surface area (Å²) in [5.74, 6) is -0.279. The van der Waals surface area contributed by atoms with Gasteiger partial charge in [0, 0.05) is 19.5 Å². The molecule has 3 amide bonds. The summed E-state index contributed by atoms with van der Waals surface area (Å²) >= 11 is 0. The van der Waals surface area contributed by atoms with Gasteiger partial charge in [-0.2, -0.15) is 0 Å². The number of carbonyl (C=O) groups excluding carboxylic acids is 4. The van der Waals surface area contributed by atoms with Crippen LogP contribution in [0.3, 0.4) is 0 Å². The maximum Gasteiger partial charge on any atom is 0.243 e. The number of nitrogens with one attached hydrogen (secondary N) is 3. The van der Waals surface area contributed by atoms with Gasteiger partial charge in [0.05, 0.1) is 39.5 Å². The van der Waals surface area contributed by atoms with E-state index in [9.17, 15) is 19.2 Å². The van der Waals surface area contributed by atoms with Gasteiger partial charge in [-0.15, -0.1) is 0 Å². The molecule has 2 heterocycles. The van der Waals surface area contributed by atoms with Gasteiger partial charge in [0.15, 0.2) is 5.78 Å². The van der Waals surface area contributed by atoms with E-state index in [4.69, 9.17) is 14.2 Å². The van der Waals surface area contributed by atoms with Crippen LogP contribution in [0.4, 0.5) is 0 Å². The SMILES string of the molecule is COc1ccc(C[C@H](NC(=O)[C@H](C)NC(=O)CN2CCOCC2)C(=O)N[C@@H](CC2CCC2)C(=O)[C@]2(C)CO2)cc1. The minimum Gasteiger partial charge on any atom is -0.497 e. The predicted octanol–water partition coefficient (Wildman–Crippen LogP) is 0.592. The summed E-state index contributed by atoms with van der Waals surface area (Å²) in [6.07, 6.45) is 3.95. The zero-order chi connectivity index (χ0) is 28.7. The van der Waals surface area contributed by atoms with Crippen LogP contribution in [0, 0.1) is 5.92 Å². The lowest BCUT2D eigenvalue weighted by atomic mass is 9.79. The van der Waals surface area contributed by atoms with Crippen molar-refractivity contribution in [1.29, 1.82) is 0 Å². The first-order valence-electron chi connectivity index (χ1n) is 14.2. The highest BCUT2D eigenvalue weighted by Gasteiger charge is 2.50. The first kappa shape index (κ1) is 30.0. The van der Waals surface area contributed by atoms with Crippen LogP contribution < -0.4 is 20.7 Å². The molecule has 0 radical (unpaired) electrons. The zero-order valence-electron chi connectivity index (χ0n) is 23.7. The highest BCUT2D eigenvalue weighted by atomic mass is 16.6. The zero-order valence-corrected chi connectivity index (χ0v) is 23.7. The molecule has 0 bridgehead atoms. The summed E-state index contributed by atoms with van der Waals surface area (Å²) in [4.78, 5) is 54.5. The molecule has 40 heavy (non-hydrogen) atoms. The first-order chi connectivity index (χ1) is 19.2. The number of hydrogen-bond donors (Lipinski definition) is 3. The van der Waals surface area contributed by atoms with Gasteiger partial charge in [-0.25, -0.2) is 0 Å². The van der Waals surface area contributed by atoms with Crippen molar-refractivity contribution in [3.05, 3.63) is 29.8 Å². The van der Waals surface area contributed by atoms with Crippen LogP contribution in [0.15, 0.2) is 24.3 Å². The number of benzene rings is 1. The number of carbonyl (C=O) groups is 4. The summed E-state index contributed by atoms with van der Waals surface area (Å²) in [7, 11) is 1.57. The third kappa shape index (κ3) is 8.25. The van der Waals surface area contributed by atoms with Gasteiger partial charge < -0.3 is 30.2 Å². The van der Waals surface area contributed by atoms with Crippen molar-refractivity contribution < 1.29 is 33.4 Å². The number of nitrogens with zero attached hydrogens (tertiary/aromatic N) is 1. The third-order valence-corrected chi connectivity index (χ3v) is 8.00. The van der Waals surface area contributed by atoms with Crippen LogP contribution in [-0.4, -0.2) is 98.7 Å². The summed E-state index contributed by atoms with van der Waals surface area (Å²) in [5.41, 5.74) is -0.0556. The number of methoxy groups -OCH3 is 1. The van der Waals surface area contributed by atoms with E-state index in [2.05, 4.69) is 16.0 Å². The number of ketones is 1. The van der Waals surface area contributed by atoms with E-state index < -0.39 is 35.5 Å². The average molecular weight is 559 g/mol. The quantitative estimate of drug-likeness (QED) is 0.282. The molecule has 3 N–H and O–H groups in total. The molecule has 1 aromatic rings. The lowest BCUT2D eigenvalue weighted by molar-refractivity contribution is -0.134. The molecule has 220 valence electrons. The Morgan fingerprint density at radius 3 is 2.25 bits per heavy atom. The molecule has 1 aliphatic carbocycles. The van der Waals surface area contributed by atoms with Crippen molar-refractivity contribution in [2.75, 3.05) is 46.6 Å². The second-order valence-corrected chi connectivity index (χ2v) is 11.3. The molecule has 0 aromatic heterocycles. The number of rotatable bonds is 14. The van der Waals surface area contributed by atoms with Crippen molar-refractivity contribution in [3.8, 4) is 5.75 Å². The van der Waals surface area contributed by atoms with E-state index in [0.29, 0.717) is 51.0 Å². The predicted molar refractivity (Wildman–Crippen MR) is 147 cm³/mol. The minimum absolute atomic E-state index is 0.133. The molecule has 3 fully saturated rings. The van der Waals surface area contributed by atoms with E-state index in [0.717, 1.165) is 24.8 Å². The van der Waals surface area contributed by atoms with Gasteiger partial charge in [-0.3, -0.25) is 24.1 Å². The van der Waals surface area contributed by atoms with Crippen LogP contribution in [0.5, 0.6) is 5.75 Å². The van der Waals surface area contributed by atoms with Gasteiger partial charge in [0.2, 0.25) is 17.7 Å². The van der Waals surface area contributed by atoms with Crippen LogP contribution in [0.25, 0.3) is 0 Å². The lowest BCUT2D eigenvalue weighted by Gasteiger charge is -2.31. The maximum atomic E-state index is 13.6. The molecule has 1 saturated carbocycles. The average Bonchev–Trinajstić information content (AvgIpc) is 3.68. The fourth-order valence-electron chi connectivity index (χ4n) is 5.00. The molecule has 4 rings (SSSR count). The largest absolute Gasteiger partial charge is 0.497 e. The summed E-state index contributed by atoms with van der Waals surface area (Å²) in [6.45, 7) is 6.29. The Hall–Kier alpha value is -3.02. The van der Waals surface area contributed by atoms with E-state index in [1.54, 1.807) is 33.1 Å². The minimum atomic E-state index is -0.955. The van der Waals surface area contributed by atoms with Crippen molar-refractivity contribution in [2.24, 2.45) is 5.92 Å². The lowest BCUT2D eigenvalue weighted by Crippen LogP contribution is -2.57. The van der Waals surface area contributed by atoms with E-state index in [-0.39, 0.29) is 24.7 Å². The molecule has 2 aliphatic heterocycles. The topological polar surface area (TPSA) is 139 Å². The van der Waals surface area contributed by atoms with E-state index >= 15 is 0 Å². The Morgan fingerprint density at radius 1 is 1.02 bits per heavy atom. The molecule has 11 heteroatoms. The second kappa shape index (κ2) is 13.6. The fourth-order valence-corrected chi connectivity index (χ4v) is 5.00. The summed E-state index contributed by atoms with van der Waals surface area (Å²) in [5, 5.41) is 8.47. The molecule has 4 atom stereocenters. The van der Waals surface area contributed by atoms with Gasteiger partial charge in [0.1, 0.15) is 23.4 Å². The number of Topliss-reactive ketones (excluding diaryl/α,β-unsaturated/α-hetero) is 1. The molecular weight excluding hydrogens is 516 g/mol. The fraction of sp³-hybridized carbons (Fsp3) is 0.655. The number of epoxide rings is 1. The van der Waals surface area contributed by atoms with Crippen molar-refractivity contribution in [3.63, 3.8) is 0 Å². The van der Waals surface area contributed by atoms with Crippen molar-refractivity contribution >= 4 is 23.5 Å². The monoisotopic (exact) mass is 558 g/mol. The molecule has 0 unspecified atom stereocenters. The van der Waals surface area contributed by atoms with Crippen LogP contribution >= 0.6 is 0 Å². The Balaban J connectivity index is 1.42. The third-order valence-electron chi connectivity index (χ3n) is 8.00. The number of hydrogen-bond acceptors (Lipinski definition) is 8. The Bertz CT molecular complexity index is 1050. The maximum absolute atomic E-state index is 13.6. The van der Waals surface area contributed by atoms with E-state index in [1.165, 1.54) is 0 Å². The number of morpholine rings is 1. The highest BCUT2D eigenvalue weighted by molar-refractivity contribution is 5.98. The summed E-state index contributed by atoms with van der Waals surface area (Å²) < 4.78 is 15.9. The molecule has 3 aliphatic rings. The smallest absolute Gasteiger partial charge is 0.243 e. The van der Waals surface area contributed by atoms with Crippen LogP contribution in [-0.2, 0) is 35.1 Å². The Kier molecular flexibility index (Phi) is 10.2. The highest BCUT2D eigenvalue weighted by Crippen LogP contribution is 2.34. The molecule has 1 aromatic carbocycles. The normalized spacial score (nSPS) is 23.2. The van der Waals surface area contributed by atoms with Crippen LogP contribution in [0.2, 0.25) is 0 Å². The number of ether oxygens (including phenoxy) is 3. The summed E-state index contributed by atoms with van der Waals surface area (Å²) in [6, 6.07) is 4.73. The van der Waals surface area contributed by atoms with E-state index in [1.807, 2.05) is 17.0 Å². The second-order valence-electron chi connectivity index (χ2n) is 11.3. The van der Waals surface area contributed by atoms with Crippen molar-refractivity contribution in [2.45, 2.75) is 69.7 Å². The molecular formula is C29H42N4O7. The molecule has 11 nitrogen and oxygen atoms in total. The van der Waals surface area contributed by atoms with Gasteiger partial charge in [0.25, 0.3) is 0 Å². The molecule has 2 saturated heterocycles. The molecule has 0 spiro atoms. The van der Waals surface area contributed by atoms with Gasteiger partial charge in [-0.1, -0.05) is 31.4 Å². The first-order valence-corrected chi connectivity index (χ1v) is 14.2.